The third-order valence-corrected chi connectivity index (χ3v) is 5.44. The summed E-state index contributed by atoms with van der Waals surface area (Å²) in [6.45, 7) is 6.47. The predicted octanol–water partition coefficient (Wildman–Crippen LogP) is 2.54. The molecule has 2 aliphatic rings. The van der Waals surface area contributed by atoms with Gasteiger partial charge in [-0.15, -0.1) is 24.0 Å². The van der Waals surface area contributed by atoms with E-state index in [4.69, 9.17) is 4.42 Å². The van der Waals surface area contributed by atoms with Crippen LogP contribution in [0.15, 0.2) is 27.8 Å². The first-order chi connectivity index (χ1) is 12.3. The number of piperidine rings is 1. The number of halogens is 1. The molecule has 2 fully saturated rings. The number of furan rings is 1. The van der Waals surface area contributed by atoms with Crippen LogP contribution in [0.4, 0.5) is 0 Å². The third-order valence-electron chi connectivity index (χ3n) is 5.44. The lowest BCUT2D eigenvalue weighted by Crippen LogP contribution is -2.45. The van der Waals surface area contributed by atoms with Gasteiger partial charge in [0, 0.05) is 26.7 Å². The van der Waals surface area contributed by atoms with E-state index in [1.165, 1.54) is 38.8 Å². The van der Waals surface area contributed by atoms with Crippen molar-refractivity contribution < 1.29 is 4.42 Å². The molecule has 2 N–H and O–H groups in total. The van der Waals surface area contributed by atoms with Crippen molar-refractivity contribution in [1.82, 2.24) is 20.4 Å². The zero-order valence-electron chi connectivity index (χ0n) is 16.1. The van der Waals surface area contributed by atoms with Gasteiger partial charge in [0.15, 0.2) is 5.96 Å². The van der Waals surface area contributed by atoms with Crippen LogP contribution < -0.4 is 10.6 Å². The zero-order valence-corrected chi connectivity index (χ0v) is 18.4. The second-order valence-electron chi connectivity index (χ2n) is 7.38. The van der Waals surface area contributed by atoms with E-state index in [0.717, 1.165) is 37.9 Å². The van der Waals surface area contributed by atoms with Crippen LogP contribution in [0, 0.1) is 5.92 Å². The Hall–Kier alpha value is -0.800. The molecule has 2 saturated heterocycles. The first-order valence-corrected chi connectivity index (χ1v) is 9.67. The van der Waals surface area contributed by atoms with Crippen molar-refractivity contribution in [3.8, 4) is 0 Å². The molecule has 3 rings (SSSR count). The molecule has 2 unspecified atom stereocenters. The van der Waals surface area contributed by atoms with E-state index in [9.17, 15) is 0 Å². The fraction of sp³-hybridized carbons (Fsp3) is 0.737. The maximum absolute atomic E-state index is 5.72. The average Bonchev–Trinajstić information content (AvgIpc) is 3.31. The van der Waals surface area contributed by atoms with Crippen molar-refractivity contribution in [2.24, 2.45) is 10.9 Å². The van der Waals surface area contributed by atoms with Gasteiger partial charge in [0.2, 0.25) is 0 Å². The van der Waals surface area contributed by atoms with Crippen LogP contribution in [0.3, 0.4) is 0 Å². The van der Waals surface area contributed by atoms with Crippen LogP contribution in [-0.2, 0) is 0 Å². The molecule has 0 spiro atoms. The number of aliphatic imine (C=N–C) groups is 1. The summed E-state index contributed by atoms with van der Waals surface area (Å²) in [6.07, 6.45) is 6.94. The van der Waals surface area contributed by atoms with Crippen LogP contribution in [0.5, 0.6) is 0 Å². The lowest BCUT2D eigenvalue weighted by molar-refractivity contribution is 0.146. The van der Waals surface area contributed by atoms with Crippen molar-refractivity contribution in [3.63, 3.8) is 0 Å². The molecule has 0 aromatic carbocycles. The van der Waals surface area contributed by atoms with Crippen molar-refractivity contribution >= 4 is 29.9 Å². The summed E-state index contributed by atoms with van der Waals surface area (Å²) in [5, 5.41) is 7.01. The fourth-order valence-corrected chi connectivity index (χ4v) is 3.97. The summed E-state index contributed by atoms with van der Waals surface area (Å²) in [4.78, 5) is 9.33. The normalized spacial score (nSPS) is 23.5. The van der Waals surface area contributed by atoms with E-state index < -0.39 is 0 Å². The highest BCUT2D eigenvalue weighted by molar-refractivity contribution is 14.0. The topological polar surface area (TPSA) is 56.0 Å². The van der Waals surface area contributed by atoms with E-state index in [1.54, 1.807) is 6.26 Å². The van der Waals surface area contributed by atoms with Gasteiger partial charge in [-0.05, 0) is 64.0 Å². The van der Waals surface area contributed by atoms with Crippen molar-refractivity contribution in [3.05, 3.63) is 24.2 Å². The average molecular weight is 475 g/mol. The number of nitrogens with one attached hydrogen (secondary N) is 2. The van der Waals surface area contributed by atoms with Crippen LogP contribution in [0.2, 0.25) is 0 Å². The van der Waals surface area contributed by atoms with Gasteiger partial charge in [0.05, 0.1) is 12.3 Å². The van der Waals surface area contributed by atoms with Gasteiger partial charge in [-0.2, -0.15) is 0 Å². The summed E-state index contributed by atoms with van der Waals surface area (Å²) in [5.41, 5.74) is 0. The molecule has 3 heterocycles. The lowest BCUT2D eigenvalue weighted by atomic mass is 10.1. The smallest absolute Gasteiger partial charge is 0.191 e. The van der Waals surface area contributed by atoms with Crippen molar-refractivity contribution in [2.75, 3.05) is 53.4 Å². The Bertz CT molecular complexity index is 530. The monoisotopic (exact) mass is 475 g/mol. The molecule has 0 saturated carbocycles. The standard InChI is InChI=1S/C19H33N5O.HI/c1-20-19(21-13-16-8-11-23(2)15-16)22-14-17(18-7-6-12-25-18)24-9-4-3-5-10-24;/h6-7,12,16-17H,3-5,8-11,13-15H2,1-2H3,(H2,20,21,22);1H. The minimum atomic E-state index is 0. The van der Waals surface area contributed by atoms with Crippen molar-refractivity contribution in [1.29, 1.82) is 0 Å². The molecule has 0 amide bonds. The number of likely N-dealkylation sites (tertiary alicyclic amines) is 2. The first-order valence-electron chi connectivity index (χ1n) is 9.67. The first kappa shape index (κ1) is 21.5. The fourth-order valence-electron chi connectivity index (χ4n) is 3.97. The zero-order chi connectivity index (χ0) is 17.5. The maximum atomic E-state index is 5.72. The Morgan fingerprint density at radius 2 is 2.08 bits per heavy atom. The molecule has 6 nitrogen and oxygen atoms in total. The van der Waals surface area contributed by atoms with E-state index in [0.29, 0.717) is 5.92 Å². The van der Waals surface area contributed by atoms with Crippen LogP contribution >= 0.6 is 24.0 Å². The molecule has 2 aliphatic heterocycles. The molecule has 0 bridgehead atoms. The molecule has 148 valence electrons. The molecule has 1 aromatic heterocycles. The van der Waals surface area contributed by atoms with Gasteiger partial charge in [-0.25, -0.2) is 0 Å². The minimum absolute atomic E-state index is 0. The number of rotatable bonds is 6. The van der Waals surface area contributed by atoms with Crippen LogP contribution in [-0.4, -0.2) is 69.1 Å². The lowest BCUT2D eigenvalue weighted by Gasteiger charge is -2.33. The van der Waals surface area contributed by atoms with Crippen molar-refractivity contribution in [2.45, 2.75) is 31.7 Å². The third kappa shape index (κ3) is 6.13. The molecule has 26 heavy (non-hydrogen) atoms. The molecule has 0 aliphatic carbocycles. The second-order valence-corrected chi connectivity index (χ2v) is 7.38. The molecule has 7 heteroatoms. The van der Waals surface area contributed by atoms with Gasteiger partial charge >= 0.3 is 0 Å². The van der Waals surface area contributed by atoms with Gasteiger partial charge in [-0.3, -0.25) is 9.89 Å². The SMILES string of the molecule is CN=C(NCC1CCN(C)C1)NCC(c1ccco1)N1CCCCC1.I. The largest absolute Gasteiger partial charge is 0.468 e. The Kier molecular flexibility index (Phi) is 9.21. The summed E-state index contributed by atoms with van der Waals surface area (Å²) in [5.74, 6) is 2.65. The molecule has 2 atom stereocenters. The Morgan fingerprint density at radius 1 is 1.27 bits per heavy atom. The highest BCUT2D eigenvalue weighted by Gasteiger charge is 2.25. The highest BCUT2D eigenvalue weighted by Crippen LogP contribution is 2.24. The summed E-state index contributed by atoms with van der Waals surface area (Å²) in [7, 11) is 4.04. The van der Waals surface area contributed by atoms with E-state index in [2.05, 4.69) is 38.5 Å². The number of hydrogen-bond donors (Lipinski definition) is 2. The Morgan fingerprint density at radius 3 is 2.69 bits per heavy atom. The van der Waals surface area contributed by atoms with Crippen LogP contribution in [0.25, 0.3) is 0 Å². The van der Waals surface area contributed by atoms with E-state index in [-0.39, 0.29) is 30.0 Å². The molecule has 1 aromatic rings. The Balaban J connectivity index is 0.00000243. The summed E-state index contributed by atoms with van der Waals surface area (Å²) >= 11 is 0. The highest BCUT2D eigenvalue weighted by atomic mass is 127. The number of guanidine groups is 1. The Labute approximate surface area is 174 Å². The van der Waals surface area contributed by atoms with E-state index >= 15 is 0 Å². The summed E-state index contributed by atoms with van der Waals surface area (Å²) in [6, 6.07) is 4.34. The molecular formula is C19H34IN5O. The summed E-state index contributed by atoms with van der Waals surface area (Å²) < 4.78 is 5.72. The number of hydrogen-bond acceptors (Lipinski definition) is 4. The van der Waals surface area contributed by atoms with Gasteiger partial charge in [0.25, 0.3) is 0 Å². The number of nitrogens with zero attached hydrogens (tertiary/aromatic N) is 3. The molecular weight excluding hydrogens is 441 g/mol. The van der Waals surface area contributed by atoms with Crippen LogP contribution in [0.1, 0.15) is 37.5 Å². The minimum Gasteiger partial charge on any atom is -0.468 e. The van der Waals surface area contributed by atoms with Gasteiger partial charge in [0.1, 0.15) is 5.76 Å². The second kappa shape index (κ2) is 11.1. The quantitative estimate of drug-likeness (QED) is 0.377. The molecule has 0 radical (unpaired) electrons. The van der Waals surface area contributed by atoms with E-state index in [1.807, 2.05) is 13.1 Å². The maximum Gasteiger partial charge on any atom is 0.191 e. The predicted molar refractivity (Wildman–Crippen MR) is 117 cm³/mol. The van der Waals surface area contributed by atoms with Gasteiger partial charge < -0.3 is 20.0 Å². The van der Waals surface area contributed by atoms with Gasteiger partial charge in [-0.1, -0.05) is 6.42 Å².